The summed E-state index contributed by atoms with van der Waals surface area (Å²) in [4.78, 5) is 23.1. The van der Waals surface area contributed by atoms with E-state index in [1.54, 1.807) is 0 Å². The van der Waals surface area contributed by atoms with Crippen molar-refractivity contribution in [2.75, 3.05) is 0 Å². The van der Waals surface area contributed by atoms with Crippen LogP contribution in [0.3, 0.4) is 0 Å². The Bertz CT molecular complexity index is 856. The van der Waals surface area contributed by atoms with Crippen LogP contribution >= 0.6 is 0 Å². The molecule has 0 fully saturated rings. The van der Waals surface area contributed by atoms with Crippen molar-refractivity contribution in [2.24, 2.45) is 0 Å². The van der Waals surface area contributed by atoms with Crippen LogP contribution in [0.1, 0.15) is 11.1 Å². The fourth-order valence-corrected chi connectivity index (χ4v) is 2.11. The van der Waals surface area contributed by atoms with E-state index in [-0.39, 0.29) is 23.5 Å². The Labute approximate surface area is 147 Å². The number of carbonyl (C=O) groups excluding carboxylic acids is 1. The van der Waals surface area contributed by atoms with Crippen molar-refractivity contribution in [1.29, 1.82) is 0 Å². The van der Waals surface area contributed by atoms with Gasteiger partial charge < -0.3 is 30.3 Å². The maximum Gasteiger partial charge on any atom is 0.345 e. The van der Waals surface area contributed by atoms with E-state index in [0.29, 0.717) is 5.56 Å². The number of phenols is 4. The Morgan fingerprint density at radius 1 is 1.00 bits per heavy atom. The van der Waals surface area contributed by atoms with E-state index in [1.165, 1.54) is 42.5 Å². The van der Waals surface area contributed by atoms with E-state index in [4.69, 9.17) is 4.74 Å². The number of para-hydroxylation sites is 1. The quantitative estimate of drug-likeness (QED) is 0.298. The number of phenolic OH excluding ortho intramolecular Hbond substituents is 4. The molecule has 8 nitrogen and oxygen atoms in total. The zero-order valence-corrected chi connectivity index (χ0v) is 13.4. The molecule has 0 radical (unpaired) electrons. The molecular weight excluding hydrogens is 344 g/mol. The summed E-state index contributed by atoms with van der Waals surface area (Å²) in [6.07, 6.45) is 0.318. The lowest BCUT2D eigenvalue weighted by Gasteiger charge is -2.14. The van der Waals surface area contributed by atoms with Crippen LogP contribution in [-0.2, 0) is 20.7 Å². The highest BCUT2D eigenvalue weighted by molar-refractivity contribution is 5.89. The fraction of sp³-hybridized carbons (Fsp3) is 0.111. The van der Waals surface area contributed by atoms with Gasteiger partial charge in [0.15, 0.2) is 23.0 Å². The van der Waals surface area contributed by atoms with Crippen LogP contribution in [0.2, 0.25) is 0 Å². The third kappa shape index (κ3) is 4.67. The molecule has 2 aromatic rings. The van der Waals surface area contributed by atoms with Gasteiger partial charge in [0.05, 0.1) is 0 Å². The van der Waals surface area contributed by atoms with Crippen molar-refractivity contribution in [2.45, 2.75) is 12.5 Å². The molecule has 0 aliphatic carbocycles. The maximum atomic E-state index is 11.8. The number of aromatic hydroxyl groups is 4. The van der Waals surface area contributed by atoms with Crippen molar-refractivity contribution in [3.8, 4) is 23.0 Å². The number of aliphatic carboxylic acids is 1. The molecule has 136 valence electrons. The zero-order valence-electron chi connectivity index (χ0n) is 13.4. The molecule has 2 aromatic carbocycles. The largest absolute Gasteiger partial charge is 0.504 e. The standard InChI is InChI=1S/C18H16O8/c19-12-6-4-10(8-14(12)21)5-7-16(22)26-15(18(24)25)9-11-2-1-3-13(20)17(11)23/h1-8,15,19-21,23H,9H2,(H,24,25). The van der Waals surface area contributed by atoms with Crippen LogP contribution in [0.5, 0.6) is 23.0 Å². The average Bonchev–Trinajstić information content (AvgIpc) is 2.59. The van der Waals surface area contributed by atoms with Gasteiger partial charge in [-0.15, -0.1) is 0 Å². The number of hydrogen-bond donors (Lipinski definition) is 5. The third-order valence-electron chi connectivity index (χ3n) is 3.45. The SMILES string of the molecule is O=C(C=Cc1ccc(O)c(O)c1)OC(Cc1cccc(O)c1O)C(=O)O. The van der Waals surface area contributed by atoms with Crippen molar-refractivity contribution < 1.29 is 39.9 Å². The summed E-state index contributed by atoms with van der Waals surface area (Å²) in [5.74, 6) is -3.96. The Morgan fingerprint density at radius 3 is 2.38 bits per heavy atom. The van der Waals surface area contributed by atoms with Crippen molar-refractivity contribution >= 4 is 18.0 Å². The van der Waals surface area contributed by atoms with Gasteiger partial charge in [-0.2, -0.15) is 0 Å². The number of hydrogen-bond acceptors (Lipinski definition) is 7. The van der Waals surface area contributed by atoms with E-state index in [9.17, 15) is 35.1 Å². The normalized spacial score (nSPS) is 12.0. The summed E-state index contributed by atoms with van der Waals surface area (Å²) >= 11 is 0. The smallest absolute Gasteiger partial charge is 0.345 e. The van der Waals surface area contributed by atoms with E-state index < -0.39 is 29.5 Å². The molecule has 26 heavy (non-hydrogen) atoms. The summed E-state index contributed by atoms with van der Waals surface area (Å²) < 4.78 is 4.86. The minimum atomic E-state index is -1.58. The highest BCUT2D eigenvalue weighted by Crippen LogP contribution is 2.29. The second-order valence-corrected chi connectivity index (χ2v) is 5.33. The first-order chi connectivity index (χ1) is 12.3. The van der Waals surface area contributed by atoms with Gasteiger partial charge in [-0.05, 0) is 29.8 Å². The molecule has 0 saturated heterocycles. The summed E-state index contributed by atoms with van der Waals surface area (Å²) in [7, 11) is 0. The minimum Gasteiger partial charge on any atom is -0.504 e. The van der Waals surface area contributed by atoms with Gasteiger partial charge in [-0.1, -0.05) is 18.2 Å². The average molecular weight is 360 g/mol. The van der Waals surface area contributed by atoms with Crippen LogP contribution in [0, 0.1) is 0 Å². The predicted molar refractivity (Wildman–Crippen MR) is 89.8 cm³/mol. The Hall–Kier alpha value is -3.68. The van der Waals surface area contributed by atoms with Gasteiger partial charge in [0.1, 0.15) is 0 Å². The molecule has 8 heteroatoms. The van der Waals surface area contributed by atoms with Crippen LogP contribution < -0.4 is 0 Å². The highest BCUT2D eigenvalue weighted by Gasteiger charge is 2.23. The number of ether oxygens (including phenoxy) is 1. The number of benzene rings is 2. The second-order valence-electron chi connectivity index (χ2n) is 5.33. The summed E-state index contributed by atoms with van der Waals surface area (Å²) in [5.41, 5.74) is 0.493. The van der Waals surface area contributed by atoms with E-state index >= 15 is 0 Å². The Kier molecular flexibility index (Phi) is 5.69. The lowest BCUT2D eigenvalue weighted by atomic mass is 10.1. The topological polar surface area (TPSA) is 145 Å². The third-order valence-corrected chi connectivity index (χ3v) is 3.45. The first-order valence-electron chi connectivity index (χ1n) is 7.41. The molecule has 0 aromatic heterocycles. The fourth-order valence-electron chi connectivity index (χ4n) is 2.11. The van der Waals surface area contributed by atoms with Gasteiger partial charge in [0, 0.05) is 18.1 Å². The maximum absolute atomic E-state index is 11.8. The van der Waals surface area contributed by atoms with Crippen LogP contribution in [-0.4, -0.2) is 43.6 Å². The lowest BCUT2D eigenvalue weighted by Crippen LogP contribution is -2.28. The number of carboxylic acid groups (broad SMARTS) is 1. The summed E-state index contributed by atoms with van der Waals surface area (Å²) in [6, 6.07) is 7.91. The van der Waals surface area contributed by atoms with Gasteiger partial charge in [0.25, 0.3) is 0 Å². The predicted octanol–water partition coefficient (Wildman–Crippen LogP) is 1.76. The Balaban J connectivity index is 2.08. The first-order valence-corrected chi connectivity index (χ1v) is 7.41. The first kappa shape index (κ1) is 18.7. The molecule has 0 heterocycles. The monoisotopic (exact) mass is 360 g/mol. The molecule has 5 N–H and O–H groups in total. The minimum absolute atomic E-state index is 0.109. The van der Waals surface area contributed by atoms with Crippen LogP contribution in [0.4, 0.5) is 0 Å². The van der Waals surface area contributed by atoms with Crippen molar-refractivity contribution in [1.82, 2.24) is 0 Å². The van der Waals surface area contributed by atoms with E-state index in [2.05, 4.69) is 0 Å². The molecule has 1 atom stereocenters. The second kappa shape index (κ2) is 7.93. The van der Waals surface area contributed by atoms with Crippen LogP contribution in [0.25, 0.3) is 6.08 Å². The molecule has 0 saturated carbocycles. The van der Waals surface area contributed by atoms with Gasteiger partial charge in [-0.3, -0.25) is 0 Å². The van der Waals surface area contributed by atoms with Gasteiger partial charge in [0.2, 0.25) is 6.10 Å². The molecular formula is C18H16O8. The molecule has 0 amide bonds. The van der Waals surface area contributed by atoms with Gasteiger partial charge in [-0.25, -0.2) is 9.59 Å². The zero-order chi connectivity index (χ0) is 19.3. The van der Waals surface area contributed by atoms with E-state index in [1.807, 2.05) is 0 Å². The van der Waals surface area contributed by atoms with E-state index in [0.717, 1.165) is 6.08 Å². The van der Waals surface area contributed by atoms with Gasteiger partial charge >= 0.3 is 11.9 Å². The highest BCUT2D eigenvalue weighted by atomic mass is 16.6. The molecule has 1 unspecified atom stereocenters. The summed E-state index contributed by atoms with van der Waals surface area (Å²) in [5, 5.41) is 46.9. The molecule has 0 aliphatic heterocycles. The number of esters is 1. The molecule has 0 spiro atoms. The Morgan fingerprint density at radius 2 is 1.73 bits per heavy atom. The molecule has 2 rings (SSSR count). The molecule has 0 bridgehead atoms. The summed E-state index contributed by atoms with van der Waals surface area (Å²) in [6.45, 7) is 0. The van der Waals surface area contributed by atoms with Crippen molar-refractivity contribution in [3.63, 3.8) is 0 Å². The molecule has 0 aliphatic rings. The van der Waals surface area contributed by atoms with Crippen LogP contribution in [0.15, 0.2) is 42.5 Å². The lowest BCUT2D eigenvalue weighted by molar-refractivity contribution is -0.160. The number of carbonyl (C=O) groups is 2. The van der Waals surface area contributed by atoms with Crippen molar-refractivity contribution in [3.05, 3.63) is 53.6 Å². The number of rotatable bonds is 6. The number of carboxylic acids is 1.